The Balaban J connectivity index is 1.97. The normalized spacial score (nSPS) is 20.0. The predicted molar refractivity (Wildman–Crippen MR) is 108 cm³/mol. The van der Waals surface area contributed by atoms with Crippen molar-refractivity contribution < 1.29 is 9.53 Å². The molecule has 0 N–H and O–H groups in total. The molecule has 0 aliphatic carbocycles. The molecule has 0 radical (unpaired) electrons. The quantitative estimate of drug-likeness (QED) is 0.794. The molecule has 2 atom stereocenters. The lowest BCUT2D eigenvalue weighted by Gasteiger charge is -2.27. The van der Waals surface area contributed by atoms with Gasteiger partial charge in [-0.25, -0.2) is 0 Å². The summed E-state index contributed by atoms with van der Waals surface area (Å²) in [5.41, 5.74) is 2.17. The lowest BCUT2D eigenvalue weighted by molar-refractivity contribution is -0.121. The number of fused-ring (bicyclic) bond motifs is 1. The van der Waals surface area contributed by atoms with Gasteiger partial charge < -0.3 is 14.5 Å². The van der Waals surface area contributed by atoms with Crippen molar-refractivity contribution in [1.82, 2.24) is 4.90 Å². The smallest absolute Gasteiger partial charge is 0.231 e. The van der Waals surface area contributed by atoms with Gasteiger partial charge in [0.05, 0.1) is 18.7 Å². The summed E-state index contributed by atoms with van der Waals surface area (Å²) in [4.78, 5) is 18.5. The Morgan fingerprint density at radius 3 is 2.46 bits per heavy atom. The summed E-state index contributed by atoms with van der Waals surface area (Å²) in [6, 6.07) is 16.3. The number of likely N-dealkylation sites (N-methyl/N-ethyl adjacent to an activating group) is 1. The number of thioether (sulfide) groups is 1. The molecule has 0 saturated heterocycles. The standard InChI is InChI=1S/C21H26N2O2S/c1-15-20(16-9-11-17(25-4)12-10-16)26-19-8-6-5-7-18(19)23(21(15)24)14-13-22(2)3/h5-12,15,20H,13-14H2,1-4H3/t15-,20+/m0/s1. The van der Waals surface area contributed by atoms with E-state index in [1.54, 1.807) is 18.9 Å². The van der Waals surface area contributed by atoms with Crippen LogP contribution in [-0.4, -0.2) is 45.1 Å². The first-order chi connectivity index (χ1) is 12.5. The molecule has 2 aromatic carbocycles. The molecule has 0 unspecified atom stereocenters. The number of rotatable bonds is 5. The number of hydrogen-bond donors (Lipinski definition) is 0. The average Bonchev–Trinajstić information content (AvgIpc) is 2.76. The van der Waals surface area contributed by atoms with Crippen LogP contribution in [0.3, 0.4) is 0 Å². The Hall–Kier alpha value is -1.98. The van der Waals surface area contributed by atoms with Crippen LogP contribution in [0.2, 0.25) is 0 Å². The fraction of sp³-hybridized carbons (Fsp3) is 0.381. The highest BCUT2D eigenvalue weighted by molar-refractivity contribution is 7.99. The fourth-order valence-electron chi connectivity index (χ4n) is 3.19. The highest BCUT2D eigenvalue weighted by Gasteiger charge is 2.35. The first kappa shape index (κ1) is 18.8. The molecule has 0 spiro atoms. The largest absolute Gasteiger partial charge is 0.497 e. The number of benzene rings is 2. The second-order valence-corrected chi connectivity index (χ2v) is 8.04. The molecular formula is C21H26N2O2S. The summed E-state index contributed by atoms with van der Waals surface area (Å²) in [7, 11) is 5.74. The molecule has 0 aromatic heterocycles. The number of methoxy groups -OCH3 is 1. The van der Waals surface area contributed by atoms with Gasteiger partial charge in [-0.1, -0.05) is 31.2 Å². The van der Waals surface area contributed by atoms with Crippen molar-refractivity contribution in [3.8, 4) is 5.75 Å². The Morgan fingerprint density at radius 1 is 1.12 bits per heavy atom. The van der Waals surface area contributed by atoms with E-state index in [2.05, 4.69) is 29.2 Å². The van der Waals surface area contributed by atoms with Gasteiger partial charge in [-0.15, -0.1) is 11.8 Å². The molecule has 1 amide bonds. The lowest BCUT2D eigenvalue weighted by Crippen LogP contribution is -2.40. The van der Waals surface area contributed by atoms with Gasteiger partial charge in [-0.2, -0.15) is 0 Å². The van der Waals surface area contributed by atoms with Crippen LogP contribution in [0.15, 0.2) is 53.4 Å². The Labute approximate surface area is 160 Å². The molecule has 5 heteroatoms. The van der Waals surface area contributed by atoms with Crippen molar-refractivity contribution in [2.24, 2.45) is 5.92 Å². The second-order valence-electron chi connectivity index (χ2n) is 6.86. The third-order valence-electron chi connectivity index (χ3n) is 4.73. The summed E-state index contributed by atoms with van der Waals surface area (Å²) in [6.45, 7) is 3.58. The molecule has 0 fully saturated rings. The van der Waals surface area contributed by atoms with E-state index in [9.17, 15) is 4.79 Å². The van der Waals surface area contributed by atoms with E-state index in [1.165, 1.54) is 0 Å². The molecule has 0 saturated carbocycles. The van der Waals surface area contributed by atoms with E-state index >= 15 is 0 Å². The number of nitrogens with zero attached hydrogens (tertiary/aromatic N) is 2. The van der Waals surface area contributed by atoms with Gasteiger partial charge >= 0.3 is 0 Å². The third kappa shape index (κ3) is 3.89. The van der Waals surface area contributed by atoms with Gasteiger partial charge in [0.15, 0.2) is 0 Å². The Kier molecular flexibility index (Phi) is 5.89. The van der Waals surface area contributed by atoms with E-state index < -0.39 is 0 Å². The maximum absolute atomic E-state index is 13.3. The van der Waals surface area contributed by atoms with E-state index in [-0.39, 0.29) is 17.1 Å². The fourth-order valence-corrected chi connectivity index (χ4v) is 4.54. The van der Waals surface area contributed by atoms with Gasteiger partial charge in [-0.05, 0) is 43.9 Å². The van der Waals surface area contributed by atoms with E-state index in [0.717, 1.165) is 28.4 Å². The monoisotopic (exact) mass is 370 g/mol. The highest BCUT2D eigenvalue weighted by Crippen LogP contribution is 2.48. The highest BCUT2D eigenvalue weighted by atomic mass is 32.2. The molecule has 1 aliphatic rings. The molecule has 2 aromatic rings. The van der Waals surface area contributed by atoms with E-state index in [1.807, 2.05) is 50.2 Å². The topological polar surface area (TPSA) is 32.8 Å². The second kappa shape index (κ2) is 8.14. The van der Waals surface area contributed by atoms with Gasteiger partial charge in [0, 0.05) is 23.2 Å². The third-order valence-corrected chi connectivity index (χ3v) is 6.27. The average molecular weight is 371 g/mol. The summed E-state index contributed by atoms with van der Waals surface area (Å²) in [6.07, 6.45) is 0. The molecule has 1 heterocycles. The molecule has 0 bridgehead atoms. The molecular weight excluding hydrogens is 344 g/mol. The minimum absolute atomic E-state index is 0.0823. The van der Waals surface area contributed by atoms with E-state index in [4.69, 9.17) is 4.74 Å². The maximum Gasteiger partial charge on any atom is 0.231 e. The van der Waals surface area contributed by atoms with Crippen LogP contribution in [0.4, 0.5) is 5.69 Å². The molecule has 26 heavy (non-hydrogen) atoms. The number of hydrogen-bond acceptors (Lipinski definition) is 4. The van der Waals surface area contributed by atoms with Crippen LogP contribution in [0.5, 0.6) is 5.75 Å². The van der Waals surface area contributed by atoms with Crippen molar-refractivity contribution in [2.45, 2.75) is 17.1 Å². The minimum Gasteiger partial charge on any atom is -0.497 e. The first-order valence-electron chi connectivity index (χ1n) is 8.87. The van der Waals surface area contributed by atoms with Gasteiger partial charge in [0.25, 0.3) is 0 Å². The summed E-state index contributed by atoms with van der Waals surface area (Å²) >= 11 is 1.78. The van der Waals surface area contributed by atoms with Crippen LogP contribution >= 0.6 is 11.8 Å². The molecule has 3 rings (SSSR count). The molecule has 1 aliphatic heterocycles. The van der Waals surface area contributed by atoms with Crippen molar-refractivity contribution in [3.63, 3.8) is 0 Å². The number of carbonyl (C=O) groups excluding carboxylic acids is 1. The summed E-state index contributed by atoms with van der Waals surface area (Å²) in [5.74, 6) is 0.910. The van der Waals surface area contributed by atoms with Crippen LogP contribution < -0.4 is 9.64 Å². The molecule has 4 nitrogen and oxygen atoms in total. The minimum atomic E-state index is -0.108. The molecule has 138 valence electrons. The maximum atomic E-state index is 13.3. The van der Waals surface area contributed by atoms with E-state index in [0.29, 0.717) is 6.54 Å². The summed E-state index contributed by atoms with van der Waals surface area (Å²) < 4.78 is 5.27. The van der Waals surface area contributed by atoms with Gasteiger partial charge in [-0.3, -0.25) is 4.79 Å². The zero-order valence-electron chi connectivity index (χ0n) is 15.8. The van der Waals surface area contributed by atoms with Crippen LogP contribution in [0.25, 0.3) is 0 Å². The zero-order chi connectivity index (χ0) is 18.7. The van der Waals surface area contributed by atoms with Crippen LogP contribution in [0, 0.1) is 5.92 Å². The van der Waals surface area contributed by atoms with Crippen LogP contribution in [0.1, 0.15) is 17.7 Å². The number of carbonyl (C=O) groups is 1. The SMILES string of the molecule is COc1ccc([C@@H]2Sc3ccccc3N(CCN(C)C)C(=O)[C@H]2C)cc1. The summed E-state index contributed by atoms with van der Waals surface area (Å²) in [5, 5.41) is 0.0823. The lowest BCUT2D eigenvalue weighted by atomic mass is 9.98. The van der Waals surface area contributed by atoms with Crippen molar-refractivity contribution in [2.75, 3.05) is 39.2 Å². The predicted octanol–water partition coefficient (Wildman–Crippen LogP) is 4.07. The number of ether oxygens (including phenoxy) is 1. The van der Waals surface area contributed by atoms with Gasteiger partial charge in [0.1, 0.15) is 5.75 Å². The number of para-hydroxylation sites is 1. The van der Waals surface area contributed by atoms with Crippen molar-refractivity contribution >= 4 is 23.4 Å². The number of anilines is 1. The first-order valence-corrected chi connectivity index (χ1v) is 9.75. The Morgan fingerprint density at radius 2 is 1.81 bits per heavy atom. The number of amides is 1. The van der Waals surface area contributed by atoms with Gasteiger partial charge in [0.2, 0.25) is 5.91 Å². The zero-order valence-corrected chi connectivity index (χ0v) is 16.6. The Bertz CT molecular complexity index is 761. The van der Waals surface area contributed by atoms with Crippen molar-refractivity contribution in [3.05, 3.63) is 54.1 Å². The van der Waals surface area contributed by atoms with Crippen LogP contribution in [-0.2, 0) is 4.79 Å². The van der Waals surface area contributed by atoms with Crippen molar-refractivity contribution in [1.29, 1.82) is 0 Å².